The van der Waals surface area contributed by atoms with Crippen LogP contribution in [0.15, 0.2) is 30.5 Å². The molecule has 1 aliphatic carbocycles. The summed E-state index contributed by atoms with van der Waals surface area (Å²) >= 11 is 0. The molecular formula is C16H20N4O2. The second kappa shape index (κ2) is 6.51. The first-order valence-corrected chi connectivity index (χ1v) is 7.33. The molecule has 6 nitrogen and oxygen atoms in total. The van der Waals surface area contributed by atoms with E-state index < -0.39 is 0 Å². The number of aromatic nitrogens is 2. The van der Waals surface area contributed by atoms with Crippen LogP contribution in [0, 0.1) is 0 Å². The Morgan fingerprint density at radius 3 is 2.68 bits per heavy atom. The van der Waals surface area contributed by atoms with Gasteiger partial charge in [-0.1, -0.05) is 6.07 Å². The Labute approximate surface area is 129 Å². The highest BCUT2D eigenvalue weighted by molar-refractivity contribution is 5.45. The normalized spacial score (nSPS) is 13.5. The molecule has 1 fully saturated rings. The van der Waals surface area contributed by atoms with Crippen LogP contribution in [0.25, 0.3) is 0 Å². The van der Waals surface area contributed by atoms with Gasteiger partial charge in [0.05, 0.1) is 14.2 Å². The number of ether oxygens (including phenoxy) is 2. The van der Waals surface area contributed by atoms with Gasteiger partial charge in [-0.3, -0.25) is 0 Å². The average molecular weight is 300 g/mol. The van der Waals surface area contributed by atoms with E-state index in [1.54, 1.807) is 20.4 Å². The molecule has 1 saturated carbocycles. The van der Waals surface area contributed by atoms with Gasteiger partial charge in [0.1, 0.15) is 5.82 Å². The lowest BCUT2D eigenvalue weighted by molar-refractivity contribution is 0.354. The standard InChI is InChI=1S/C16H20N4O2/c1-21-13-6-3-11(9-14(13)22-2)10-18-16-17-8-7-15(20-16)19-12-4-5-12/h3,6-9,12H,4-5,10H2,1-2H3,(H2,17,18,19,20). The molecule has 0 amide bonds. The van der Waals surface area contributed by atoms with Gasteiger partial charge >= 0.3 is 0 Å². The molecule has 0 spiro atoms. The van der Waals surface area contributed by atoms with Gasteiger partial charge in [-0.2, -0.15) is 4.98 Å². The van der Waals surface area contributed by atoms with Crippen LogP contribution in [0.5, 0.6) is 11.5 Å². The molecule has 0 saturated heterocycles. The van der Waals surface area contributed by atoms with Crippen LogP contribution >= 0.6 is 0 Å². The molecule has 6 heteroatoms. The lowest BCUT2D eigenvalue weighted by Crippen LogP contribution is -2.07. The predicted molar refractivity (Wildman–Crippen MR) is 85.5 cm³/mol. The van der Waals surface area contributed by atoms with E-state index in [0.717, 1.165) is 17.1 Å². The minimum atomic E-state index is 0.577. The number of rotatable bonds is 7. The van der Waals surface area contributed by atoms with E-state index in [1.807, 2.05) is 24.3 Å². The number of methoxy groups -OCH3 is 2. The quantitative estimate of drug-likeness (QED) is 0.819. The molecule has 0 aliphatic heterocycles. The first kappa shape index (κ1) is 14.4. The monoisotopic (exact) mass is 300 g/mol. The van der Waals surface area contributed by atoms with E-state index in [1.165, 1.54) is 12.8 Å². The summed E-state index contributed by atoms with van der Waals surface area (Å²) in [6, 6.07) is 8.29. The molecule has 0 atom stereocenters. The summed E-state index contributed by atoms with van der Waals surface area (Å²) in [6.45, 7) is 0.618. The zero-order valence-corrected chi connectivity index (χ0v) is 12.8. The van der Waals surface area contributed by atoms with Crippen LogP contribution in [0.1, 0.15) is 18.4 Å². The van der Waals surface area contributed by atoms with Crippen molar-refractivity contribution in [3.63, 3.8) is 0 Å². The minimum Gasteiger partial charge on any atom is -0.493 e. The lowest BCUT2D eigenvalue weighted by Gasteiger charge is -2.11. The van der Waals surface area contributed by atoms with Gasteiger partial charge in [0.15, 0.2) is 11.5 Å². The number of hydrogen-bond donors (Lipinski definition) is 2. The molecule has 2 N–H and O–H groups in total. The highest BCUT2D eigenvalue weighted by Crippen LogP contribution is 2.28. The van der Waals surface area contributed by atoms with Crippen molar-refractivity contribution in [2.75, 3.05) is 24.9 Å². The van der Waals surface area contributed by atoms with E-state index in [9.17, 15) is 0 Å². The van der Waals surface area contributed by atoms with Crippen LogP contribution in [-0.4, -0.2) is 30.2 Å². The van der Waals surface area contributed by atoms with Crippen LogP contribution < -0.4 is 20.1 Å². The van der Waals surface area contributed by atoms with E-state index in [0.29, 0.717) is 24.3 Å². The Kier molecular flexibility index (Phi) is 4.27. The summed E-state index contributed by atoms with van der Waals surface area (Å²) in [4.78, 5) is 8.70. The first-order chi connectivity index (χ1) is 10.8. The molecule has 1 aromatic carbocycles. The van der Waals surface area contributed by atoms with Crippen LogP contribution in [0.3, 0.4) is 0 Å². The summed E-state index contributed by atoms with van der Waals surface area (Å²) < 4.78 is 10.5. The smallest absolute Gasteiger partial charge is 0.224 e. The van der Waals surface area contributed by atoms with E-state index >= 15 is 0 Å². The van der Waals surface area contributed by atoms with Crippen molar-refractivity contribution >= 4 is 11.8 Å². The fraction of sp³-hybridized carbons (Fsp3) is 0.375. The highest BCUT2D eigenvalue weighted by atomic mass is 16.5. The maximum absolute atomic E-state index is 5.30. The molecular weight excluding hydrogens is 280 g/mol. The minimum absolute atomic E-state index is 0.577. The van der Waals surface area contributed by atoms with Gasteiger partial charge < -0.3 is 20.1 Å². The van der Waals surface area contributed by atoms with Gasteiger partial charge in [0.2, 0.25) is 5.95 Å². The summed E-state index contributed by atoms with van der Waals surface area (Å²) in [5.74, 6) is 2.91. The van der Waals surface area contributed by atoms with E-state index in [2.05, 4.69) is 20.6 Å². The lowest BCUT2D eigenvalue weighted by atomic mass is 10.2. The van der Waals surface area contributed by atoms with Crippen LogP contribution in [0.4, 0.5) is 11.8 Å². The first-order valence-electron chi connectivity index (χ1n) is 7.33. The summed E-state index contributed by atoms with van der Waals surface area (Å²) in [7, 11) is 3.26. The van der Waals surface area contributed by atoms with Crippen molar-refractivity contribution in [3.8, 4) is 11.5 Å². The zero-order valence-electron chi connectivity index (χ0n) is 12.8. The average Bonchev–Trinajstić information content (AvgIpc) is 3.37. The summed E-state index contributed by atoms with van der Waals surface area (Å²) in [5.41, 5.74) is 1.07. The molecule has 1 heterocycles. The Morgan fingerprint density at radius 1 is 1.14 bits per heavy atom. The highest BCUT2D eigenvalue weighted by Gasteiger charge is 2.21. The predicted octanol–water partition coefficient (Wildman–Crippen LogP) is 2.68. The van der Waals surface area contributed by atoms with Gasteiger partial charge in [0.25, 0.3) is 0 Å². The Morgan fingerprint density at radius 2 is 1.95 bits per heavy atom. The molecule has 0 radical (unpaired) electrons. The fourth-order valence-corrected chi connectivity index (χ4v) is 2.13. The molecule has 116 valence electrons. The maximum Gasteiger partial charge on any atom is 0.224 e. The van der Waals surface area contributed by atoms with Crippen molar-refractivity contribution in [3.05, 3.63) is 36.0 Å². The van der Waals surface area contributed by atoms with Gasteiger partial charge in [-0.15, -0.1) is 0 Å². The third-order valence-electron chi connectivity index (χ3n) is 3.48. The van der Waals surface area contributed by atoms with Crippen molar-refractivity contribution < 1.29 is 9.47 Å². The summed E-state index contributed by atoms with van der Waals surface area (Å²) in [5, 5.41) is 6.59. The Bertz CT molecular complexity index is 644. The number of hydrogen-bond acceptors (Lipinski definition) is 6. The largest absolute Gasteiger partial charge is 0.493 e. The van der Waals surface area contributed by atoms with E-state index in [4.69, 9.17) is 9.47 Å². The zero-order chi connectivity index (χ0) is 15.4. The second-order valence-electron chi connectivity index (χ2n) is 5.23. The maximum atomic E-state index is 5.30. The van der Waals surface area contributed by atoms with Crippen molar-refractivity contribution in [2.24, 2.45) is 0 Å². The van der Waals surface area contributed by atoms with Crippen LogP contribution in [0.2, 0.25) is 0 Å². The second-order valence-corrected chi connectivity index (χ2v) is 5.23. The summed E-state index contributed by atoms with van der Waals surface area (Å²) in [6.07, 6.45) is 4.20. The van der Waals surface area contributed by atoms with Gasteiger partial charge in [-0.05, 0) is 36.6 Å². The SMILES string of the molecule is COc1ccc(CNc2nccc(NC3CC3)n2)cc1OC. The van der Waals surface area contributed by atoms with E-state index in [-0.39, 0.29) is 0 Å². The third-order valence-corrected chi connectivity index (χ3v) is 3.48. The number of nitrogens with zero attached hydrogens (tertiary/aromatic N) is 2. The molecule has 1 aromatic heterocycles. The number of benzene rings is 1. The molecule has 1 aliphatic rings. The Balaban J connectivity index is 1.64. The molecule has 3 rings (SSSR count). The molecule has 0 unspecified atom stereocenters. The van der Waals surface area contributed by atoms with Crippen molar-refractivity contribution in [1.29, 1.82) is 0 Å². The Hall–Kier alpha value is -2.50. The van der Waals surface area contributed by atoms with Crippen LogP contribution in [-0.2, 0) is 6.54 Å². The van der Waals surface area contributed by atoms with Gasteiger partial charge in [0, 0.05) is 18.8 Å². The molecule has 22 heavy (non-hydrogen) atoms. The molecule has 0 bridgehead atoms. The van der Waals surface area contributed by atoms with Gasteiger partial charge in [-0.25, -0.2) is 4.98 Å². The number of anilines is 2. The number of nitrogens with one attached hydrogen (secondary N) is 2. The topological polar surface area (TPSA) is 68.3 Å². The molecule has 2 aromatic rings. The van der Waals surface area contributed by atoms with Crippen molar-refractivity contribution in [1.82, 2.24) is 9.97 Å². The van der Waals surface area contributed by atoms with Crippen molar-refractivity contribution in [2.45, 2.75) is 25.4 Å². The third kappa shape index (κ3) is 3.58. The fourth-order valence-electron chi connectivity index (χ4n) is 2.13.